The maximum absolute atomic E-state index is 5.54. The monoisotopic (exact) mass is 179 g/mol. The van der Waals surface area contributed by atoms with Crippen LogP contribution in [0.4, 0.5) is 0 Å². The maximum atomic E-state index is 5.54. The van der Waals surface area contributed by atoms with E-state index in [2.05, 4.69) is 18.3 Å². The third-order valence-electron chi connectivity index (χ3n) is 2.60. The minimum atomic E-state index is 0.356. The van der Waals surface area contributed by atoms with Crippen LogP contribution in [0.15, 0.2) is 16.5 Å². The molecular weight excluding hydrogens is 162 g/mol. The molecule has 1 aliphatic rings. The first-order chi connectivity index (χ1) is 6.25. The molecule has 1 atom stereocenters. The summed E-state index contributed by atoms with van der Waals surface area (Å²) >= 11 is 0. The third-order valence-corrected chi connectivity index (χ3v) is 2.60. The topological polar surface area (TPSA) is 25.2 Å². The highest BCUT2D eigenvalue weighted by molar-refractivity contribution is 5.08. The number of aryl methyl sites for hydroxylation is 1. The molecule has 0 unspecified atom stereocenters. The lowest BCUT2D eigenvalue weighted by Crippen LogP contribution is -2.20. The van der Waals surface area contributed by atoms with E-state index < -0.39 is 0 Å². The van der Waals surface area contributed by atoms with Crippen LogP contribution in [0.5, 0.6) is 0 Å². The summed E-state index contributed by atoms with van der Waals surface area (Å²) in [5, 5.41) is 3.48. The van der Waals surface area contributed by atoms with Crippen molar-refractivity contribution in [3.05, 3.63) is 23.7 Å². The van der Waals surface area contributed by atoms with E-state index in [1.165, 1.54) is 12.8 Å². The second-order valence-electron chi connectivity index (χ2n) is 4.02. The first-order valence-corrected chi connectivity index (χ1v) is 5.05. The third kappa shape index (κ3) is 2.34. The van der Waals surface area contributed by atoms with Gasteiger partial charge in [-0.05, 0) is 51.3 Å². The molecular formula is C11H17NO. The molecule has 1 N–H and O–H groups in total. The zero-order chi connectivity index (χ0) is 9.26. The van der Waals surface area contributed by atoms with Crippen LogP contribution in [0.1, 0.15) is 37.3 Å². The molecule has 13 heavy (non-hydrogen) atoms. The average molecular weight is 179 g/mol. The molecule has 2 nitrogen and oxygen atoms in total. The molecule has 1 fully saturated rings. The summed E-state index contributed by atoms with van der Waals surface area (Å²) in [5.41, 5.74) is 0. The minimum absolute atomic E-state index is 0.356. The van der Waals surface area contributed by atoms with E-state index in [-0.39, 0.29) is 0 Å². The Kier molecular flexibility index (Phi) is 2.40. The Morgan fingerprint density at radius 1 is 1.54 bits per heavy atom. The molecule has 0 aliphatic heterocycles. The average Bonchev–Trinajstić information content (AvgIpc) is 2.84. The summed E-state index contributed by atoms with van der Waals surface area (Å²) in [6.07, 6.45) is 2.80. The van der Waals surface area contributed by atoms with Gasteiger partial charge in [-0.2, -0.15) is 0 Å². The van der Waals surface area contributed by atoms with Crippen molar-refractivity contribution in [2.24, 2.45) is 5.92 Å². The summed E-state index contributed by atoms with van der Waals surface area (Å²) < 4.78 is 5.54. The van der Waals surface area contributed by atoms with Gasteiger partial charge in [0.15, 0.2) is 0 Å². The molecule has 72 valence electrons. The van der Waals surface area contributed by atoms with Gasteiger partial charge in [-0.15, -0.1) is 0 Å². The Balaban J connectivity index is 1.84. The molecule has 0 aromatic carbocycles. The van der Waals surface area contributed by atoms with Gasteiger partial charge < -0.3 is 9.73 Å². The van der Waals surface area contributed by atoms with Crippen LogP contribution in [0, 0.1) is 12.8 Å². The molecule has 2 rings (SSSR count). The van der Waals surface area contributed by atoms with Crippen LogP contribution in [-0.2, 0) is 0 Å². The number of rotatable bonds is 4. The van der Waals surface area contributed by atoms with E-state index in [0.29, 0.717) is 6.04 Å². The fourth-order valence-electron chi connectivity index (χ4n) is 1.45. The number of hydrogen-bond donors (Lipinski definition) is 1. The van der Waals surface area contributed by atoms with E-state index in [1.54, 1.807) is 0 Å². The van der Waals surface area contributed by atoms with E-state index >= 15 is 0 Å². The summed E-state index contributed by atoms with van der Waals surface area (Å²) in [5.74, 6) is 2.98. The van der Waals surface area contributed by atoms with E-state index in [4.69, 9.17) is 4.42 Å². The Hall–Kier alpha value is -0.760. The zero-order valence-corrected chi connectivity index (χ0v) is 8.34. The normalized spacial score (nSPS) is 18.9. The minimum Gasteiger partial charge on any atom is -0.465 e. The molecule has 2 heteroatoms. The van der Waals surface area contributed by atoms with Crippen molar-refractivity contribution in [2.75, 3.05) is 6.54 Å². The van der Waals surface area contributed by atoms with Crippen LogP contribution in [0.3, 0.4) is 0 Å². The van der Waals surface area contributed by atoms with E-state index in [1.807, 2.05) is 13.0 Å². The molecule has 0 spiro atoms. The number of hydrogen-bond acceptors (Lipinski definition) is 2. The van der Waals surface area contributed by atoms with Gasteiger partial charge >= 0.3 is 0 Å². The largest absolute Gasteiger partial charge is 0.465 e. The lowest BCUT2D eigenvalue weighted by atomic mass is 10.2. The van der Waals surface area contributed by atoms with Crippen molar-refractivity contribution in [1.82, 2.24) is 5.32 Å². The Bertz CT molecular complexity index is 275. The van der Waals surface area contributed by atoms with Crippen molar-refractivity contribution in [3.8, 4) is 0 Å². The molecule has 0 amide bonds. The van der Waals surface area contributed by atoms with Crippen LogP contribution in [0.25, 0.3) is 0 Å². The van der Waals surface area contributed by atoms with Crippen LogP contribution < -0.4 is 5.32 Å². The smallest absolute Gasteiger partial charge is 0.120 e. The fraction of sp³-hybridized carbons (Fsp3) is 0.636. The predicted molar refractivity (Wildman–Crippen MR) is 52.6 cm³/mol. The van der Waals surface area contributed by atoms with Crippen molar-refractivity contribution in [1.29, 1.82) is 0 Å². The standard InChI is InChI=1S/C11H17NO/c1-8-3-6-11(13-8)9(2)12-7-10-4-5-10/h3,6,9-10,12H,4-5,7H2,1-2H3/t9-/m1/s1. The lowest BCUT2D eigenvalue weighted by Gasteiger charge is -2.10. The van der Waals surface area contributed by atoms with Gasteiger partial charge in [0.1, 0.15) is 11.5 Å². The van der Waals surface area contributed by atoms with Crippen LogP contribution >= 0.6 is 0 Å². The van der Waals surface area contributed by atoms with Crippen molar-refractivity contribution >= 4 is 0 Å². The SMILES string of the molecule is Cc1ccc([C@@H](C)NCC2CC2)o1. The van der Waals surface area contributed by atoms with Crippen molar-refractivity contribution < 1.29 is 4.42 Å². The van der Waals surface area contributed by atoms with Crippen LogP contribution in [-0.4, -0.2) is 6.54 Å². The molecule has 1 aromatic rings. The summed E-state index contributed by atoms with van der Waals surface area (Å²) in [4.78, 5) is 0. The number of furan rings is 1. The van der Waals surface area contributed by atoms with Crippen LogP contribution in [0.2, 0.25) is 0 Å². The van der Waals surface area contributed by atoms with Crippen molar-refractivity contribution in [2.45, 2.75) is 32.7 Å². The molecule has 1 aromatic heterocycles. The maximum Gasteiger partial charge on any atom is 0.120 e. The highest BCUT2D eigenvalue weighted by Crippen LogP contribution is 2.28. The van der Waals surface area contributed by atoms with Gasteiger partial charge in [-0.1, -0.05) is 0 Å². The predicted octanol–water partition coefficient (Wildman–Crippen LogP) is 2.65. The zero-order valence-electron chi connectivity index (χ0n) is 8.34. The van der Waals surface area contributed by atoms with Gasteiger partial charge in [0.25, 0.3) is 0 Å². The first-order valence-electron chi connectivity index (χ1n) is 5.05. The summed E-state index contributed by atoms with van der Waals surface area (Å²) in [6, 6.07) is 4.43. The molecule has 0 radical (unpaired) electrons. The second-order valence-corrected chi connectivity index (χ2v) is 4.02. The highest BCUT2D eigenvalue weighted by Gasteiger charge is 2.22. The van der Waals surface area contributed by atoms with Gasteiger partial charge in [-0.25, -0.2) is 0 Å². The van der Waals surface area contributed by atoms with E-state index in [9.17, 15) is 0 Å². The molecule has 1 aliphatic carbocycles. The molecule has 0 bridgehead atoms. The molecule has 1 saturated carbocycles. The number of nitrogens with one attached hydrogen (secondary N) is 1. The Morgan fingerprint density at radius 3 is 2.85 bits per heavy atom. The van der Waals surface area contributed by atoms with Gasteiger partial charge in [0.05, 0.1) is 6.04 Å². The lowest BCUT2D eigenvalue weighted by molar-refractivity contribution is 0.412. The molecule has 0 saturated heterocycles. The summed E-state index contributed by atoms with van der Waals surface area (Å²) in [7, 11) is 0. The molecule has 1 heterocycles. The summed E-state index contributed by atoms with van der Waals surface area (Å²) in [6.45, 7) is 5.28. The first kappa shape index (κ1) is 8.82. The fourth-order valence-corrected chi connectivity index (χ4v) is 1.45. The van der Waals surface area contributed by atoms with E-state index in [0.717, 1.165) is 24.0 Å². The Morgan fingerprint density at radius 2 is 2.31 bits per heavy atom. The quantitative estimate of drug-likeness (QED) is 0.768. The second kappa shape index (κ2) is 3.54. The van der Waals surface area contributed by atoms with Gasteiger partial charge in [0, 0.05) is 0 Å². The van der Waals surface area contributed by atoms with Gasteiger partial charge in [-0.3, -0.25) is 0 Å². The Labute approximate surface area is 79.3 Å². The highest BCUT2D eigenvalue weighted by atomic mass is 16.3. The van der Waals surface area contributed by atoms with Crippen molar-refractivity contribution in [3.63, 3.8) is 0 Å². The van der Waals surface area contributed by atoms with Gasteiger partial charge in [0.2, 0.25) is 0 Å².